The fraction of sp³-hybridized carbons (Fsp3) is 0.500. The number of hydrogen-bond donors (Lipinski definition) is 3. The van der Waals surface area contributed by atoms with Crippen molar-refractivity contribution in [2.75, 3.05) is 19.6 Å². The highest BCUT2D eigenvalue weighted by Gasteiger charge is 2.26. The van der Waals surface area contributed by atoms with Crippen LogP contribution in [0.1, 0.15) is 29.5 Å². The number of nitrogens with zero attached hydrogens (tertiary/aromatic N) is 2. The van der Waals surface area contributed by atoms with Gasteiger partial charge in [0.25, 0.3) is 0 Å². The zero-order valence-electron chi connectivity index (χ0n) is 14.2. The average Bonchev–Trinajstić information content (AvgIpc) is 3.17. The summed E-state index contributed by atoms with van der Waals surface area (Å²) in [7, 11) is 0. The quantitative estimate of drug-likeness (QED) is 0.334. The van der Waals surface area contributed by atoms with E-state index < -0.39 is 5.60 Å². The van der Waals surface area contributed by atoms with Crippen LogP contribution in [-0.4, -0.2) is 35.7 Å². The first kappa shape index (κ1) is 20.9. The smallest absolute Gasteiger partial charge is 0.191 e. The van der Waals surface area contributed by atoms with Gasteiger partial charge in [-0.15, -0.1) is 35.3 Å². The first-order valence-corrected chi connectivity index (χ1v) is 8.53. The van der Waals surface area contributed by atoms with Gasteiger partial charge in [0.1, 0.15) is 11.4 Å². The van der Waals surface area contributed by atoms with Gasteiger partial charge < -0.3 is 20.2 Å². The summed E-state index contributed by atoms with van der Waals surface area (Å²) in [4.78, 5) is 10.0. The van der Waals surface area contributed by atoms with Crippen molar-refractivity contribution in [3.63, 3.8) is 0 Å². The number of nitrogens with one attached hydrogen (secondary N) is 2. The van der Waals surface area contributed by atoms with Gasteiger partial charge >= 0.3 is 0 Å². The molecule has 3 N–H and O–H groups in total. The maximum atomic E-state index is 10.4. The summed E-state index contributed by atoms with van der Waals surface area (Å²) in [6.07, 6.45) is 4.28. The van der Waals surface area contributed by atoms with Crippen LogP contribution in [0.3, 0.4) is 0 Å². The molecule has 2 aromatic rings. The summed E-state index contributed by atoms with van der Waals surface area (Å²) < 4.78 is 5.26. The molecule has 0 amide bonds. The fourth-order valence-electron chi connectivity index (χ4n) is 2.04. The minimum absolute atomic E-state index is 0. The van der Waals surface area contributed by atoms with Crippen LogP contribution in [-0.2, 0) is 12.0 Å². The Labute approximate surface area is 163 Å². The van der Waals surface area contributed by atoms with Gasteiger partial charge in [-0.25, -0.2) is 9.98 Å². The Morgan fingerprint density at radius 2 is 2.25 bits per heavy atom. The monoisotopic (exact) mass is 464 g/mol. The molecule has 2 aromatic heterocycles. The maximum absolute atomic E-state index is 10.4. The summed E-state index contributed by atoms with van der Waals surface area (Å²) in [6.45, 7) is 7.46. The zero-order chi connectivity index (χ0) is 16.7. The van der Waals surface area contributed by atoms with Crippen molar-refractivity contribution >= 4 is 41.3 Å². The van der Waals surface area contributed by atoms with Crippen LogP contribution in [0.2, 0.25) is 0 Å². The molecular formula is C16H25IN4O2S. The summed E-state index contributed by atoms with van der Waals surface area (Å²) >= 11 is 1.70. The van der Waals surface area contributed by atoms with Crippen LogP contribution in [0, 0.1) is 6.92 Å². The minimum Gasteiger partial charge on any atom is -0.466 e. The number of aliphatic imine (C=N–C) groups is 1. The molecule has 0 bridgehead atoms. The maximum Gasteiger partial charge on any atom is 0.191 e. The Hall–Kier alpha value is -1.13. The molecule has 2 heterocycles. The van der Waals surface area contributed by atoms with E-state index in [1.165, 1.54) is 4.88 Å². The van der Waals surface area contributed by atoms with E-state index in [1.54, 1.807) is 36.7 Å². The first-order chi connectivity index (χ1) is 11.0. The van der Waals surface area contributed by atoms with Crippen LogP contribution in [0.25, 0.3) is 0 Å². The zero-order valence-corrected chi connectivity index (χ0v) is 17.4. The van der Waals surface area contributed by atoms with Gasteiger partial charge in [0, 0.05) is 30.6 Å². The van der Waals surface area contributed by atoms with Crippen LogP contribution < -0.4 is 10.6 Å². The Morgan fingerprint density at radius 3 is 2.83 bits per heavy atom. The van der Waals surface area contributed by atoms with Crippen molar-refractivity contribution in [2.24, 2.45) is 4.99 Å². The van der Waals surface area contributed by atoms with Crippen molar-refractivity contribution < 1.29 is 9.52 Å². The SMILES string of the molecule is CCNC(=NCC(C)(O)c1ccco1)NCCc1ncc(C)s1.I. The molecule has 0 aliphatic carbocycles. The summed E-state index contributed by atoms with van der Waals surface area (Å²) in [5, 5.41) is 18.0. The Kier molecular flexibility index (Phi) is 8.71. The largest absolute Gasteiger partial charge is 0.466 e. The molecular weight excluding hydrogens is 439 g/mol. The number of aliphatic hydroxyl groups is 1. The van der Waals surface area contributed by atoms with Crippen molar-refractivity contribution in [2.45, 2.75) is 32.8 Å². The lowest BCUT2D eigenvalue weighted by Gasteiger charge is -2.19. The van der Waals surface area contributed by atoms with E-state index in [0.29, 0.717) is 11.7 Å². The molecule has 8 heteroatoms. The Bertz CT molecular complexity index is 626. The van der Waals surface area contributed by atoms with E-state index in [9.17, 15) is 5.11 Å². The third-order valence-corrected chi connectivity index (χ3v) is 4.21. The molecule has 0 radical (unpaired) electrons. The second kappa shape index (κ2) is 10.00. The van der Waals surface area contributed by atoms with Gasteiger partial charge in [0.05, 0.1) is 17.8 Å². The van der Waals surface area contributed by atoms with E-state index >= 15 is 0 Å². The number of guanidine groups is 1. The minimum atomic E-state index is -1.13. The molecule has 1 unspecified atom stereocenters. The van der Waals surface area contributed by atoms with Gasteiger partial charge in [-0.1, -0.05) is 0 Å². The number of aryl methyl sites for hydroxylation is 1. The molecule has 0 fully saturated rings. The van der Waals surface area contributed by atoms with Crippen LogP contribution in [0.5, 0.6) is 0 Å². The van der Waals surface area contributed by atoms with E-state index in [2.05, 4.69) is 27.5 Å². The predicted molar refractivity (Wildman–Crippen MR) is 108 cm³/mol. The molecule has 0 saturated carbocycles. The normalized spacial score (nSPS) is 13.9. The van der Waals surface area contributed by atoms with E-state index in [-0.39, 0.29) is 30.5 Å². The Balaban J connectivity index is 0.00000288. The molecule has 2 rings (SSSR count). The molecule has 24 heavy (non-hydrogen) atoms. The highest BCUT2D eigenvalue weighted by Crippen LogP contribution is 2.21. The molecule has 6 nitrogen and oxygen atoms in total. The third-order valence-electron chi connectivity index (χ3n) is 3.24. The van der Waals surface area contributed by atoms with Crippen LogP contribution >= 0.6 is 35.3 Å². The van der Waals surface area contributed by atoms with E-state index in [0.717, 1.165) is 24.5 Å². The lowest BCUT2D eigenvalue weighted by atomic mass is 10.0. The third kappa shape index (κ3) is 6.40. The average molecular weight is 464 g/mol. The van der Waals surface area contributed by atoms with Gasteiger partial charge in [-0.3, -0.25) is 0 Å². The topological polar surface area (TPSA) is 82.7 Å². The van der Waals surface area contributed by atoms with Crippen molar-refractivity contribution in [1.82, 2.24) is 15.6 Å². The highest BCUT2D eigenvalue weighted by molar-refractivity contribution is 14.0. The summed E-state index contributed by atoms with van der Waals surface area (Å²) in [5.41, 5.74) is -1.13. The standard InChI is InChI=1S/C16H24N4O2S.HI/c1-4-17-15(18-8-7-14-19-10-12(2)23-14)20-11-16(3,21)13-6-5-9-22-13;/h5-6,9-10,21H,4,7-8,11H2,1-3H3,(H2,17,18,20);1H. The van der Waals surface area contributed by atoms with Crippen molar-refractivity contribution in [3.8, 4) is 0 Å². The molecule has 0 saturated heterocycles. The van der Waals surface area contributed by atoms with Crippen molar-refractivity contribution in [3.05, 3.63) is 40.2 Å². The fourth-order valence-corrected chi connectivity index (χ4v) is 2.83. The molecule has 0 spiro atoms. The van der Waals surface area contributed by atoms with Gasteiger partial charge in [-0.2, -0.15) is 0 Å². The Morgan fingerprint density at radius 1 is 1.46 bits per heavy atom. The number of rotatable bonds is 7. The summed E-state index contributed by atoms with van der Waals surface area (Å²) in [5.74, 6) is 1.18. The van der Waals surface area contributed by atoms with E-state index in [1.807, 2.05) is 13.1 Å². The second-order valence-electron chi connectivity index (χ2n) is 5.49. The van der Waals surface area contributed by atoms with Gasteiger partial charge in [0.2, 0.25) is 0 Å². The first-order valence-electron chi connectivity index (χ1n) is 7.71. The molecule has 1 atom stereocenters. The van der Waals surface area contributed by atoms with Gasteiger partial charge in [-0.05, 0) is 32.9 Å². The molecule has 0 aliphatic heterocycles. The van der Waals surface area contributed by atoms with Crippen LogP contribution in [0.15, 0.2) is 34.0 Å². The number of hydrogen-bond acceptors (Lipinski definition) is 5. The second-order valence-corrected chi connectivity index (χ2v) is 6.81. The lowest BCUT2D eigenvalue weighted by molar-refractivity contribution is 0.0437. The van der Waals surface area contributed by atoms with Gasteiger partial charge in [0.15, 0.2) is 5.96 Å². The molecule has 0 aromatic carbocycles. The number of halogens is 1. The molecule has 0 aliphatic rings. The predicted octanol–water partition coefficient (Wildman–Crippen LogP) is 2.67. The lowest BCUT2D eigenvalue weighted by Crippen LogP contribution is -2.39. The summed E-state index contributed by atoms with van der Waals surface area (Å²) in [6, 6.07) is 3.51. The molecule has 134 valence electrons. The highest BCUT2D eigenvalue weighted by atomic mass is 127. The number of thiazole rings is 1. The van der Waals surface area contributed by atoms with E-state index in [4.69, 9.17) is 4.42 Å². The number of aromatic nitrogens is 1. The van der Waals surface area contributed by atoms with Crippen LogP contribution in [0.4, 0.5) is 0 Å². The number of furan rings is 1. The van der Waals surface area contributed by atoms with Crippen molar-refractivity contribution in [1.29, 1.82) is 0 Å².